The number of hydrogen-bond acceptors (Lipinski definition) is 5. The summed E-state index contributed by atoms with van der Waals surface area (Å²) in [6.45, 7) is 8.30. The molecule has 0 spiro atoms. The van der Waals surface area contributed by atoms with Gasteiger partial charge in [0.1, 0.15) is 11.4 Å². The topological polar surface area (TPSA) is 88.1 Å². The SMILES string of the molecule is CCCCCCCCc1cc(N=Nc2ccc(Cl)cc2[N+](=O)[O-])c(O)c(C(C)(C)C)c1. The minimum atomic E-state index is -0.546. The quantitative estimate of drug-likeness (QED) is 0.172. The van der Waals surface area contributed by atoms with Gasteiger partial charge < -0.3 is 5.11 Å². The maximum Gasteiger partial charge on any atom is 0.298 e. The number of nitrogens with zero attached hydrogens (tertiary/aromatic N) is 3. The summed E-state index contributed by atoms with van der Waals surface area (Å²) in [5.41, 5.74) is 1.77. The van der Waals surface area contributed by atoms with Crippen LogP contribution in [0.2, 0.25) is 5.02 Å². The van der Waals surface area contributed by atoms with Gasteiger partial charge in [0.15, 0.2) is 5.69 Å². The summed E-state index contributed by atoms with van der Waals surface area (Å²) in [4.78, 5) is 10.8. The zero-order valence-electron chi connectivity index (χ0n) is 18.8. The molecule has 0 saturated carbocycles. The lowest BCUT2D eigenvalue weighted by Gasteiger charge is -2.22. The number of hydrogen-bond donors (Lipinski definition) is 1. The summed E-state index contributed by atoms with van der Waals surface area (Å²) in [6.07, 6.45) is 8.11. The van der Waals surface area contributed by atoms with E-state index in [-0.39, 0.29) is 27.6 Å². The smallest absolute Gasteiger partial charge is 0.298 e. The van der Waals surface area contributed by atoms with Gasteiger partial charge in [-0.1, -0.05) is 77.5 Å². The van der Waals surface area contributed by atoms with Gasteiger partial charge >= 0.3 is 0 Å². The second-order valence-corrected chi connectivity index (χ2v) is 9.31. The second kappa shape index (κ2) is 11.2. The number of phenolic OH excluding ortho intramolecular Hbond substituents is 1. The van der Waals surface area contributed by atoms with E-state index in [1.807, 2.05) is 32.9 Å². The summed E-state index contributed by atoms with van der Waals surface area (Å²) in [7, 11) is 0. The molecule has 0 amide bonds. The van der Waals surface area contributed by atoms with Gasteiger partial charge in [0.05, 0.1) is 4.92 Å². The Labute approximate surface area is 189 Å². The lowest BCUT2D eigenvalue weighted by Crippen LogP contribution is -2.12. The second-order valence-electron chi connectivity index (χ2n) is 8.87. The van der Waals surface area contributed by atoms with Crippen LogP contribution in [0.25, 0.3) is 0 Å². The van der Waals surface area contributed by atoms with E-state index in [4.69, 9.17) is 11.6 Å². The largest absolute Gasteiger partial charge is 0.505 e. The highest BCUT2D eigenvalue weighted by Gasteiger charge is 2.22. The molecule has 6 nitrogen and oxygen atoms in total. The molecule has 0 unspecified atom stereocenters. The van der Waals surface area contributed by atoms with Gasteiger partial charge in [-0.05, 0) is 42.0 Å². The molecule has 0 aliphatic carbocycles. The van der Waals surface area contributed by atoms with Gasteiger partial charge in [-0.15, -0.1) is 10.2 Å². The van der Waals surface area contributed by atoms with E-state index in [1.54, 1.807) is 0 Å². The third-order valence-corrected chi connectivity index (χ3v) is 5.41. The summed E-state index contributed by atoms with van der Waals surface area (Å²) < 4.78 is 0. The van der Waals surface area contributed by atoms with E-state index in [0.29, 0.717) is 5.69 Å². The van der Waals surface area contributed by atoms with Crippen LogP contribution in [0.15, 0.2) is 40.6 Å². The molecule has 1 N–H and O–H groups in total. The summed E-state index contributed by atoms with van der Waals surface area (Å²) in [5, 5.41) is 30.6. The minimum Gasteiger partial charge on any atom is -0.505 e. The molecule has 31 heavy (non-hydrogen) atoms. The van der Waals surface area contributed by atoms with Gasteiger partial charge in [0, 0.05) is 16.7 Å². The zero-order valence-corrected chi connectivity index (χ0v) is 19.6. The van der Waals surface area contributed by atoms with Gasteiger partial charge in [0.25, 0.3) is 5.69 Å². The molecule has 168 valence electrons. The van der Waals surface area contributed by atoms with Crippen molar-refractivity contribution in [1.82, 2.24) is 0 Å². The molecule has 0 saturated heterocycles. The van der Waals surface area contributed by atoms with Gasteiger partial charge in [-0.2, -0.15) is 0 Å². The van der Waals surface area contributed by atoms with Crippen molar-refractivity contribution in [2.45, 2.75) is 78.1 Å². The fourth-order valence-electron chi connectivity index (χ4n) is 3.41. The molecule has 0 aromatic heterocycles. The molecule has 0 aliphatic heterocycles. The van der Waals surface area contributed by atoms with Crippen LogP contribution in [-0.4, -0.2) is 10.0 Å². The Morgan fingerprint density at radius 2 is 1.65 bits per heavy atom. The van der Waals surface area contributed by atoms with E-state index in [2.05, 4.69) is 17.2 Å². The first-order valence-corrected chi connectivity index (χ1v) is 11.2. The highest BCUT2D eigenvalue weighted by molar-refractivity contribution is 6.30. The maximum atomic E-state index is 11.3. The van der Waals surface area contributed by atoms with Crippen LogP contribution in [-0.2, 0) is 11.8 Å². The fourth-order valence-corrected chi connectivity index (χ4v) is 3.58. The molecule has 0 aliphatic rings. The Morgan fingerprint density at radius 3 is 2.29 bits per heavy atom. The van der Waals surface area contributed by atoms with Crippen LogP contribution < -0.4 is 0 Å². The van der Waals surface area contributed by atoms with Gasteiger partial charge in [-0.25, -0.2) is 0 Å². The van der Waals surface area contributed by atoms with Crippen molar-refractivity contribution in [2.75, 3.05) is 0 Å². The summed E-state index contributed by atoms with van der Waals surface area (Å²) in [6, 6.07) is 8.07. The van der Waals surface area contributed by atoms with Crippen LogP contribution in [0, 0.1) is 10.1 Å². The van der Waals surface area contributed by atoms with Crippen molar-refractivity contribution >= 4 is 28.7 Å². The van der Waals surface area contributed by atoms with Crippen molar-refractivity contribution < 1.29 is 10.0 Å². The predicted octanol–water partition coefficient (Wildman–Crippen LogP) is 8.57. The van der Waals surface area contributed by atoms with Gasteiger partial charge in [-0.3, -0.25) is 10.1 Å². The number of aromatic hydroxyl groups is 1. The molecular formula is C24H32ClN3O3. The molecule has 0 heterocycles. The maximum absolute atomic E-state index is 11.3. The Hall–Kier alpha value is -2.47. The number of rotatable bonds is 10. The monoisotopic (exact) mass is 445 g/mol. The third kappa shape index (κ3) is 7.31. The number of benzene rings is 2. The predicted molar refractivity (Wildman–Crippen MR) is 126 cm³/mol. The highest BCUT2D eigenvalue weighted by atomic mass is 35.5. The number of halogens is 1. The zero-order chi connectivity index (χ0) is 23.0. The van der Waals surface area contributed by atoms with Crippen molar-refractivity contribution in [3.8, 4) is 5.75 Å². The molecule has 0 atom stereocenters. The lowest BCUT2D eigenvalue weighted by atomic mass is 9.84. The molecule has 7 heteroatoms. The van der Waals surface area contributed by atoms with Crippen molar-refractivity contribution in [3.05, 3.63) is 56.6 Å². The molecule has 0 bridgehead atoms. The Kier molecular flexibility index (Phi) is 8.99. The first-order valence-electron chi connectivity index (χ1n) is 10.9. The summed E-state index contributed by atoms with van der Waals surface area (Å²) in [5.74, 6) is 0.0552. The average Bonchev–Trinajstić information content (AvgIpc) is 2.70. The van der Waals surface area contributed by atoms with Crippen LogP contribution >= 0.6 is 11.6 Å². The molecule has 2 aromatic carbocycles. The molecule has 0 radical (unpaired) electrons. The Morgan fingerprint density at radius 1 is 1.00 bits per heavy atom. The number of aryl methyl sites for hydroxylation is 1. The van der Waals surface area contributed by atoms with Gasteiger partial charge in [0.2, 0.25) is 0 Å². The van der Waals surface area contributed by atoms with E-state index < -0.39 is 4.92 Å². The number of azo groups is 1. The summed E-state index contributed by atoms with van der Waals surface area (Å²) >= 11 is 5.87. The van der Waals surface area contributed by atoms with E-state index in [1.165, 1.54) is 50.3 Å². The lowest BCUT2D eigenvalue weighted by molar-refractivity contribution is -0.384. The molecule has 0 fully saturated rings. The third-order valence-electron chi connectivity index (χ3n) is 5.18. The van der Waals surface area contributed by atoms with E-state index >= 15 is 0 Å². The number of phenols is 1. The minimum absolute atomic E-state index is 0.0552. The standard InChI is InChI=1S/C24H32ClN3O3/c1-5-6-7-8-9-10-11-17-14-19(24(2,3)4)23(29)21(15-17)27-26-20-13-12-18(25)16-22(20)28(30)31/h12-16,29H,5-11H2,1-4H3. The first kappa shape index (κ1) is 24.8. The van der Waals surface area contributed by atoms with Crippen LogP contribution in [0.4, 0.5) is 17.1 Å². The van der Waals surface area contributed by atoms with Crippen molar-refractivity contribution in [1.29, 1.82) is 0 Å². The highest BCUT2D eigenvalue weighted by Crippen LogP contribution is 2.40. The molecular weight excluding hydrogens is 414 g/mol. The first-order chi connectivity index (χ1) is 14.6. The number of unbranched alkanes of at least 4 members (excludes halogenated alkanes) is 5. The van der Waals surface area contributed by atoms with Crippen LogP contribution in [0.3, 0.4) is 0 Å². The van der Waals surface area contributed by atoms with E-state index in [0.717, 1.165) is 24.0 Å². The number of nitro groups is 1. The molecule has 2 rings (SSSR count). The van der Waals surface area contributed by atoms with Crippen LogP contribution in [0.1, 0.15) is 77.3 Å². The Balaban J connectivity index is 2.31. The van der Waals surface area contributed by atoms with Crippen molar-refractivity contribution in [2.24, 2.45) is 10.2 Å². The molecule has 2 aromatic rings. The number of nitro benzene ring substituents is 1. The van der Waals surface area contributed by atoms with Crippen molar-refractivity contribution in [3.63, 3.8) is 0 Å². The Bertz CT molecular complexity index is 936. The van der Waals surface area contributed by atoms with Crippen LogP contribution in [0.5, 0.6) is 5.75 Å². The normalized spacial score (nSPS) is 11.9. The van der Waals surface area contributed by atoms with E-state index in [9.17, 15) is 15.2 Å². The fraction of sp³-hybridized carbons (Fsp3) is 0.500. The average molecular weight is 446 g/mol.